The van der Waals surface area contributed by atoms with Crippen molar-refractivity contribution >= 4 is 33.4 Å². The predicted octanol–water partition coefficient (Wildman–Crippen LogP) is 3.17. The number of rotatable bonds is 9. The molecule has 0 fully saturated rings. The summed E-state index contributed by atoms with van der Waals surface area (Å²) < 4.78 is 17.2. The molecule has 3 nitrogen and oxygen atoms in total. The summed E-state index contributed by atoms with van der Waals surface area (Å²) >= 11 is 0. The molecule has 1 atom stereocenters. The van der Waals surface area contributed by atoms with Crippen LogP contribution in [0.1, 0.15) is 40.0 Å². The quantitative estimate of drug-likeness (QED) is 0.516. The van der Waals surface area contributed by atoms with Crippen molar-refractivity contribution in [3.8, 4) is 17.2 Å². The summed E-state index contributed by atoms with van der Waals surface area (Å²) in [7, 11) is 2.70. The van der Waals surface area contributed by atoms with E-state index in [9.17, 15) is 0 Å². The van der Waals surface area contributed by atoms with E-state index in [1.165, 1.54) is 0 Å². The van der Waals surface area contributed by atoms with E-state index >= 15 is 0 Å². The minimum Gasteiger partial charge on any atom is -0.493 e. The first-order valence-corrected chi connectivity index (χ1v) is 7.62. The summed E-state index contributed by atoms with van der Waals surface area (Å²) in [5.74, 6) is 2.46. The molecule has 5 heteroatoms. The van der Waals surface area contributed by atoms with E-state index in [-0.39, 0.29) is 18.9 Å². The summed E-state index contributed by atoms with van der Waals surface area (Å²) in [6.45, 7) is 8.38. The molecule has 1 unspecified atom stereocenters. The fraction of sp³-hybridized carbons (Fsp3) is 0.600. The topological polar surface area (TPSA) is 27.7 Å². The molecule has 1 rings (SSSR count). The molecular formula is C15H25LiO3P. The number of benzene rings is 1. The first kappa shape index (κ1) is 19.6. The average Bonchev–Trinajstić information content (AvgIpc) is 2.43. The first-order valence-electron chi connectivity index (χ1n) is 7.04. The largest absolute Gasteiger partial charge is 0.493 e. The molecule has 1 aromatic rings. The van der Waals surface area contributed by atoms with Gasteiger partial charge >= 0.3 is 0 Å². The van der Waals surface area contributed by atoms with Gasteiger partial charge in [0, 0.05) is 31.0 Å². The van der Waals surface area contributed by atoms with Crippen molar-refractivity contribution in [3.63, 3.8) is 0 Å². The maximum absolute atomic E-state index is 5.75. The van der Waals surface area contributed by atoms with Crippen LogP contribution in [0, 0.1) is 0 Å². The Kier molecular flexibility index (Phi) is 11.1. The Morgan fingerprint density at radius 1 is 0.800 bits per heavy atom. The molecule has 109 valence electrons. The minimum atomic E-state index is 0. The second-order valence-corrected chi connectivity index (χ2v) is 4.96. The van der Waals surface area contributed by atoms with Gasteiger partial charge in [0.05, 0.1) is 25.1 Å². The van der Waals surface area contributed by atoms with Crippen LogP contribution in [0.2, 0.25) is 0 Å². The zero-order valence-electron chi connectivity index (χ0n) is 13.2. The molecule has 0 spiro atoms. The third-order valence-electron chi connectivity index (χ3n) is 2.47. The van der Waals surface area contributed by atoms with Crippen molar-refractivity contribution in [2.45, 2.75) is 40.0 Å². The van der Waals surface area contributed by atoms with E-state index in [2.05, 4.69) is 30.0 Å². The molecule has 0 saturated carbocycles. The molecule has 0 aliphatic heterocycles. The van der Waals surface area contributed by atoms with Crippen LogP contribution in [0.4, 0.5) is 0 Å². The Labute approximate surface area is 137 Å². The summed E-state index contributed by atoms with van der Waals surface area (Å²) in [6.07, 6.45) is 2.95. The summed E-state index contributed by atoms with van der Waals surface area (Å²) in [5, 5.41) is 0.964. The van der Waals surface area contributed by atoms with Gasteiger partial charge in [-0.05, 0) is 19.3 Å². The van der Waals surface area contributed by atoms with E-state index in [0.717, 1.165) is 41.8 Å². The molecule has 0 aliphatic carbocycles. The normalized spacial score (nSPS) is 9.80. The fourth-order valence-electron chi connectivity index (χ4n) is 1.54. The second-order valence-electron chi connectivity index (χ2n) is 4.38. The van der Waals surface area contributed by atoms with Crippen molar-refractivity contribution in [1.82, 2.24) is 0 Å². The van der Waals surface area contributed by atoms with Gasteiger partial charge in [-0.3, -0.25) is 0 Å². The maximum Gasteiger partial charge on any atom is 0.133 e. The van der Waals surface area contributed by atoms with Crippen LogP contribution in [-0.2, 0) is 0 Å². The Morgan fingerprint density at radius 3 is 1.60 bits per heavy atom. The third-order valence-corrected chi connectivity index (χ3v) is 3.04. The number of hydrogen-bond donors (Lipinski definition) is 0. The van der Waals surface area contributed by atoms with Gasteiger partial charge in [-0.15, -0.1) is 0 Å². The molecule has 1 aromatic carbocycles. The standard InChI is InChI=1S/C15H25O3P.Li/c1-4-7-16-12-10-13(17-8-5-2)15(19)14(11-12)18-9-6-3;/h10-11H,4-9,19H2,1-3H3;. The Bertz CT molecular complexity index is 356. The monoisotopic (exact) mass is 291 g/mol. The summed E-state index contributed by atoms with van der Waals surface area (Å²) in [5.41, 5.74) is 0. The van der Waals surface area contributed by atoms with Crippen LogP contribution in [0.25, 0.3) is 0 Å². The van der Waals surface area contributed by atoms with E-state index in [0.29, 0.717) is 19.8 Å². The molecule has 0 heterocycles. The Morgan fingerprint density at radius 2 is 1.20 bits per heavy atom. The molecule has 0 amide bonds. The van der Waals surface area contributed by atoms with Gasteiger partial charge in [0.1, 0.15) is 17.2 Å². The van der Waals surface area contributed by atoms with Crippen LogP contribution < -0.4 is 19.5 Å². The Balaban J connectivity index is 0.00000361. The molecule has 0 aromatic heterocycles. The van der Waals surface area contributed by atoms with Gasteiger partial charge in [0.15, 0.2) is 0 Å². The zero-order valence-corrected chi connectivity index (χ0v) is 14.4. The van der Waals surface area contributed by atoms with E-state index < -0.39 is 0 Å². The van der Waals surface area contributed by atoms with Gasteiger partial charge in [-0.25, -0.2) is 0 Å². The minimum absolute atomic E-state index is 0. The van der Waals surface area contributed by atoms with Gasteiger partial charge < -0.3 is 14.2 Å². The third kappa shape index (κ3) is 6.40. The number of hydrogen-bond acceptors (Lipinski definition) is 3. The van der Waals surface area contributed by atoms with Crippen molar-refractivity contribution in [1.29, 1.82) is 0 Å². The van der Waals surface area contributed by atoms with Crippen molar-refractivity contribution in [2.24, 2.45) is 0 Å². The van der Waals surface area contributed by atoms with Gasteiger partial charge in [-0.2, -0.15) is 0 Å². The summed E-state index contributed by atoms with van der Waals surface area (Å²) in [6, 6.07) is 3.87. The van der Waals surface area contributed by atoms with Crippen molar-refractivity contribution < 1.29 is 14.2 Å². The first-order chi connectivity index (χ1) is 9.22. The van der Waals surface area contributed by atoms with Crippen LogP contribution >= 0.6 is 9.24 Å². The second kappa shape index (κ2) is 11.3. The Hall–Kier alpha value is -0.353. The van der Waals surface area contributed by atoms with E-state index in [4.69, 9.17) is 14.2 Å². The average molecular weight is 291 g/mol. The molecule has 0 N–H and O–H groups in total. The van der Waals surface area contributed by atoms with Crippen molar-refractivity contribution in [3.05, 3.63) is 12.1 Å². The van der Waals surface area contributed by atoms with Gasteiger partial charge in [0.2, 0.25) is 0 Å². The summed E-state index contributed by atoms with van der Waals surface area (Å²) in [4.78, 5) is 0. The SMILES string of the molecule is CCCOc1cc(OCCC)c(P)c(OCCC)c1.[Li]. The smallest absolute Gasteiger partial charge is 0.133 e. The maximum atomic E-state index is 5.75. The van der Waals surface area contributed by atoms with Crippen LogP contribution in [0.15, 0.2) is 12.1 Å². The molecule has 1 radical (unpaired) electrons. The van der Waals surface area contributed by atoms with E-state index in [1.54, 1.807) is 0 Å². The fourth-order valence-corrected chi connectivity index (χ4v) is 1.88. The number of ether oxygens (including phenoxy) is 3. The van der Waals surface area contributed by atoms with Crippen LogP contribution in [0.5, 0.6) is 17.2 Å². The zero-order chi connectivity index (χ0) is 14.1. The molecular weight excluding hydrogens is 266 g/mol. The molecule has 0 bridgehead atoms. The molecule has 0 saturated heterocycles. The van der Waals surface area contributed by atoms with Crippen molar-refractivity contribution in [2.75, 3.05) is 19.8 Å². The van der Waals surface area contributed by atoms with Gasteiger partial charge in [0.25, 0.3) is 0 Å². The predicted molar refractivity (Wildman–Crippen MR) is 88.9 cm³/mol. The molecule has 0 aliphatic rings. The molecule has 20 heavy (non-hydrogen) atoms. The van der Waals surface area contributed by atoms with Crippen LogP contribution in [-0.4, -0.2) is 38.7 Å². The van der Waals surface area contributed by atoms with Gasteiger partial charge in [-0.1, -0.05) is 30.0 Å². The van der Waals surface area contributed by atoms with Crippen LogP contribution in [0.3, 0.4) is 0 Å². The van der Waals surface area contributed by atoms with E-state index in [1.807, 2.05) is 12.1 Å².